The molecular formula is C25H43ClF3N5. The van der Waals surface area contributed by atoms with Gasteiger partial charge in [0.15, 0.2) is 0 Å². The molecule has 5 fully saturated rings. The Labute approximate surface area is 207 Å². The zero-order valence-electron chi connectivity index (χ0n) is 20.4. The van der Waals surface area contributed by atoms with E-state index in [-0.39, 0.29) is 11.5 Å². The summed E-state index contributed by atoms with van der Waals surface area (Å²) in [6.07, 6.45) is 2.74. The van der Waals surface area contributed by atoms with Gasteiger partial charge in [0.2, 0.25) is 0 Å². The van der Waals surface area contributed by atoms with E-state index in [1.54, 1.807) is 0 Å². The Morgan fingerprint density at radius 2 is 1.62 bits per heavy atom. The van der Waals surface area contributed by atoms with Crippen molar-refractivity contribution in [1.29, 1.82) is 0 Å². The molecule has 0 aromatic heterocycles. The Balaban J connectivity index is 1.15. The van der Waals surface area contributed by atoms with Crippen molar-refractivity contribution < 1.29 is 13.2 Å². The summed E-state index contributed by atoms with van der Waals surface area (Å²) in [4.78, 5) is 2.64. The lowest BCUT2D eigenvalue weighted by Crippen LogP contribution is -2.65. The van der Waals surface area contributed by atoms with E-state index in [2.05, 4.69) is 33.1 Å². The molecule has 3 heterocycles. The van der Waals surface area contributed by atoms with Gasteiger partial charge in [-0.3, -0.25) is 10.2 Å². The smallest absolute Gasteiger partial charge is 0.314 e. The number of piperidine rings is 1. The van der Waals surface area contributed by atoms with Crippen molar-refractivity contribution in [3.63, 3.8) is 0 Å². The van der Waals surface area contributed by atoms with Crippen LogP contribution in [0.3, 0.4) is 0 Å². The minimum absolute atomic E-state index is 0.252. The minimum atomic E-state index is -4.03. The van der Waals surface area contributed by atoms with Gasteiger partial charge in [0, 0.05) is 55.1 Å². The average Bonchev–Trinajstić information content (AvgIpc) is 3.29. The maximum Gasteiger partial charge on any atom is 0.391 e. The van der Waals surface area contributed by atoms with Crippen molar-refractivity contribution in [3.8, 4) is 0 Å². The van der Waals surface area contributed by atoms with Crippen molar-refractivity contribution in [1.82, 2.24) is 26.2 Å². The van der Waals surface area contributed by atoms with E-state index in [0.29, 0.717) is 67.6 Å². The predicted octanol–water partition coefficient (Wildman–Crippen LogP) is 3.29. The molecular weight excluding hydrogens is 463 g/mol. The van der Waals surface area contributed by atoms with E-state index in [1.807, 2.05) is 0 Å². The summed E-state index contributed by atoms with van der Waals surface area (Å²) in [5, 5.41) is 15.2. The molecule has 8 unspecified atom stereocenters. The fourth-order valence-corrected chi connectivity index (χ4v) is 8.29. The van der Waals surface area contributed by atoms with E-state index in [1.165, 1.54) is 6.42 Å². The van der Waals surface area contributed by atoms with Gasteiger partial charge in [-0.2, -0.15) is 13.2 Å². The normalized spacial score (nSPS) is 46.9. The van der Waals surface area contributed by atoms with Crippen LogP contribution in [0.1, 0.15) is 58.3 Å². The number of hydrogen-bond donors (Lipinski definition) is 4. The van der Waals surface area contributed by atoms with E-state index in [0.717, 1.165) is 52.0 Å². The van der Waals surface area contributed by atoms with Crippen LogP contribution in [0.2, 0.25) is 0 Å². The molecule has 4 N–H and O–H groups in total. The second-order valence-corrected chi connectivity index (χ2v) is 12.3. The summed E-state index contributed by atoms with van der Waals surface area (Å²) < 4.78 is 39.3. The summed E-state index contributed by atoms with van der Waals surface area (Å²) in [5.74, 6) is 0.355. The molecule has 2 saturated carbocycles. The SMILES string of the molecule is CC1C(NC2CC(Cl)C3CCNC3C2)NCCC1N1CCNC(C2CCC(C(F)(F)F)CC2)C1. The van der Waals surface area contributed by atoms with Crippen LogP contribution in [0.5, 0.6) is 0 Å². The van der Waals surface area contributed by atoms with Crippen molar-refractivity contribution in [2.24, 2.45) is 23.7 Å². The third-order valence-corrected chi connectivity index (χ3v) is 10.3. The first-order chi connectivity index (χ1) is 16.3. The fraction of sp³-hybridized carbons (Fsp3) is 1.00. The third kappa shape index (κ3) is 5.57. The highest BCUT2D eigenvalue weighted by atomic mass is 35.5. The molecule has 8 atom stereocenters. The molecule has 34 heavy (non-hydrogen) atoms. The highest BCUT2D eigenvalue weighted by molar-refractivity contribution is 6.21. The van der Waals surface area contributed by atoms with Crippen LogP contribution < -0.4 is 21.3 Å². The minimum Gasteiger partial charge on any atom is -0.314 e. The average molecular weight is 506 g/mol. The fourth-order valence-electron chi connectivity index (χ4n) is 7.77. The highest BCUT2D eigenvalue weighted by Crippen LogP contribution is 2.41. The zero-order chi connectivity index (χ0) is 23.9. The molecule has 0 bridgehead atoms. The topological polar surface area (TPSA) is 51.4 Å². The molecule has 3 aliphatic heterocycles. The van der Waals surface area contributed by atoms with Crippen LogP contribution in [0.25, 0.3) is 0 Å². The van der Waals surface area contributed by atoms with Crippen LogP contribution in [0, 0.1) is 23.7 Å². The lowest BCUT2D eigenvalue weighted by molar-refractivity contribution is -0.184. The summed E-state index contributed by atoms with van der Waals surface area (Å²) >= 11 is 6.76. The molecule has 0 radical (unpaired) electrons. The van der Waals surface area contributed by atoms with Gasteiger partial charge < -0.3 is 16.0 Å². The predicted molar refractivity (Wildman–Crippen MR) is 130 cm³/mol. The second kappa shape index (κ2) is 10.7. The molecule has 0 spiro atoms. The Morgan fingerprint density at radius 3 is 2.38 bits per heavy atom. The number of piperazine rings is 1. The molecule has 0 aromatic rings. The van der Waals surface area contributed by atoms with Crippen molar-refractivity contribution >= 4 is 11.6 Å². The van der Waals surface area contributed by atoms with Crippen molar-refractivity contribution in [3.05, 3.63) is 0 Å². The first-order valence-corrected chi connectivity index (χ1v) is 14.1. The Morgan fingerprint density at radius 1 is 0.882 bits per heavy atom. The summed E-state index contributed by atoms with van der Waals surface area (Å²) in [7, 11) is 0. The zero-order valence-corrected chi connectivity index (χ0v) is 21.2. The molecule has 5 aliphatic rings. The van der Waals surface area contributed by atoms with Crippen LogP contribution >= 0.6 is 11.6 Å². The number of fused-ring (bicyclic) bond motifs is 1. The number of rotatable bonds is 4. The van der Waals surface area contributed by atoms with Gasteiger partial charge in [0.25, 0.3) is 0 Å². The quantitative estimate of drug-likeness (QED) is 0.442. The number of alkyl halides is 4. The Kier molecular flexibility index (Phi) is 8.03. The Hall–Kier alpha value is -0.120. The monoisotopic (exact) mass is 505 g/mol. The lowest BCUT2D eigenvalue weighted by atomic mass is 9.77. The van der Waals surface area contributed by atoms with Gasteiger partial charge >= 0.3 is 6.18 Å². The van der Waals surface area contributed by atoms with Gasteiger partial charge in [-0.25, -0.2) is 0 Å². The maximum atomic E-state index is 13.1. The summed E-state index contributed by atoms with van der Waals surface area (Å²) in [6, 6.07) is 1.80. The molecule has 9 heteroatoms. The molecule has 3 saturated heterocycles. The number of nitrogens with zero attached hydrogens (tertiary/aromatic N) is 1. The molecule has 196 valence electrons. The highest BCUT2D eigenvalue weighted by Gasteiger charge is 2.45. The van der Waals surface area contributed by atoms with Crippen LogP contribution in [-0.4, -0.2) is 79.5 Å². The second-order valence-electron chi connectivity index (χ2n) is 11.7. The molecule has 0 amide bonds. The lowest BCUT2D eigenvalue weighted by Gasteiger charge is -2.49. The summed E-state index contributed by atoms with van der Waals surface area (Å²) in [5.41, 5.74) is 0. The largest absolute Gasteiger partial charge is 0.391 e. The van der Waals surface area contributed by atoms with Crippen LogP contribution in [0.4, 0.5) is 13.2 Å². The standard InChI is InChI=1S/C25H43ClF3N5/c1-15-23(7-9-32-24(15)33-18-12-20(26)19-6-8-30-21(19)13-18)34-11-10-31-22(14-34)16-2-4-17(5-3-16)25(27,28)29/h15-24,30-33H,2-14H2,1H3. The van der Waals surface area contributed by atoms with Crippen molar-refractivity contribution in [2.45, 2.75) is 100 Å². The Bertz CT molecular complexity index is 673. The maximum absolute atomic E-state index is 13.1. The van der Waals surface area contributed by atoms with Gasteiger partial charge in [-0.1, -0.05) is 6.92 Å². The van der Waals surface area contributed by atoms with E-state index in [9.17, 15) is 13.2 Å². The van der Waals surface area contributed by atoms with Crippen molar-refractivity contribution in [2.75, 3.05) is 32.7 Å². The van der Waals surface area contributed by atoms with Gasteiger partial charge in [0.1, 0.15) is 0 Å². The molecule has 2 aliphatic carbocycles. The van der Waals surface area contributed by atoms with E-state index >= 15 is 0 Å². The third-order valence-electron chi connectivity index (χ3n) is 9.78. The van der Waals surface area contributed by atoms with E-state index < -0.39 is 12.1 Å². The van der Waals surface area contributed by atoms with Crippen LogP contribution in [-0.2, 0) is 0 Å². The van der Waals surface area contributed by atoms with E-state index in [4.69, 9.17) is 11.6 Å². The number of hydrogen-bond acceptors (Lipinski definition) is 5. The van der Waals surface area contributed by atoms with Gasteiger partial charge in [0.05, 0.1) is 12.1 Å². The molecule has 5 rings (SSSR count). The first kappa shape index (κ1) is 25.5. The number of nitrogens with one attached hydrogen (secondary N) is 4. The molecule has 0 aromatic carbocycles. The number of halogens is 4. The molecule has 5 nitrogen and oxygen atoms in total. The van der Waals surface area contributed by atoms with Gasteiger partial charge in [-0.15, -0.1) is 11.6 Å². The van der Waals surface area contributed by atoms with Crippen LogP contribution in [0.15, 0.2) is 0 Å². The first-order valence-electron chi connectivity index (χ1n) is 13.7. The van der Waals surface area contributed by atoms with Gasteiger partial charge in [-0.05, 0) is 76.3 Å². The summed E-state index contributed by atoms with van der Waals surface area (Å²) in [6.45, 7) is 7.37.